The van der Waals surface area contributed by atoms with Crippen molar-refractivity contribution in [2.45, 2.75) is 206 Å². The predicted molar refractivity (Wildman–Crippen MR) is 186 cm³/mol. The van der Waals surface area contributed by atoms with E-state index in [1.54, 1.807) is 0 Å². The van der Waals surface area contributed by atoms with E-state index in [2.05, 4.69) is 19.2 Å². The molecule has 0 radical (unpaired) electrons. The summed E-state index contributed by atoms with van der Waals surface area (Å²) in [5.41, 5.74) is 6.04. The summed E-state index contributed by atoms with van der Waals surface area (Å²) in [6, 6.07) is 0.268. The molecule has 0 bridgehead atoms. The number of carbonyl (C=O) groups is 1. The molecule has 5 nitrogen and oxygen atoms in total. The van der Waals surface area contributed by atoms with E-state index in [4.69, 9.17) is 15.2 Å². The van der Waals surface area contributed by atoms with Crippen LogP contribution in [0.25, 0.3) is 0 Å². The predicted octanol–water partition coefficient (Wildman–Crippen LogP) is 10.4. The van der Waals surface area contributed by atoms with Gasteiger partial charge < -0.3 is 20.5 Å². The second kappa shape index (κ2) is 31.3. The molecule has 0 saturated heterocycles. The summed E-state index contributed by atoms with van der Waals surface area (Å²) in [4.78, 5) is 12.8. The molecule has 43 heavy (non-hydrogen) atoms. The quantitative estimate of drug-likeness (QED) is 0.0745. The van der Waals surface area contributed by atoms with Crippen LogP contribution in [0.3, 0.4) is 0 Å². The second-order valence-electron chi connectivity index (χ2n) is 13.7. The zero-order chi connectivity index (χ0) is 31.1. The molecule has 1 aliphatic carbocycles. The fourth-order valence-electron chi connectivity index (χ4n) is 6.36. The molecule has 0 aromatic heterocycles. The Hall–Kier alpha value is -0.650. The lowest BCUT2D eigenvalue weighted by molar-refractivity contribution is -0.127. The van der Waals surface area contributed by atoms with Crippen LogP contribution in [0.5, 0.6) is 0 Å². The molecule has 0 aromatic carbocycles. The van der Waals surface area contributed by atoms with Crippen molar-refractivity contribution in [3.63, 3.8) is 0 Å². The summed E-state index contributed by atoms with van der Waals surface area (Å²) in [6.45, 7) is 7.26. The first-order valence-corrected chi connectivity index (χ1v) is 19.4. The van der Waals surface area contributed by atoms with Crippen LogP contribution in [0.15, 0.2) is 0 Å². The van der Waals surface area contributed by atoms with Crippen molar-refractivity contribution in [2.24, 2.45) is 11.7 Å². The van der Waals surface area contributed by atoms with Gasteiger partial charge in [-0.2, -0.15) is 0 Å². The smallest absolute Gasteiger partial charge is 0.223 e. The number of rotatable bonds is 32. The van der Waals surface area contributed by atoms with E-state index < -0.39 is 0 Å². The summed E-state index contributed by atoms with van der Waals surface area (Å²) in [6.07, 6.45) is 36.1. The third-order valence-corrected chi connectivity index (χ3v) is 9.44. The molecule has 0 spiro atoms. The molecule has 1 fully saturated rings. The zero-order valence-corrected chi connectivity index (χ0v) is 29.2. The first-order valence-electron chi connectivity index (χ1n) is 19.4. The molecule has 1 saturated carbocycles. The van der Waals surface area contributed by atoms with Gasteiger partial charge in [0, 0.05) is 31.7 Å². The average Bonchev–Trinajstić information content (AvgIpc) is 3.02. The first-order chi connectivity index (χ1) is 21.2. The van der Waals surface area contributed by atoms with Gasteiger partial charge in [0.1, 0.15) is 0 Å². The summed E-state index contributed by atoms with van der Waals surface area (Å²) in [5.74, 6) is 0.283. The standard InChI is InChI=1S/C38H76N2O3/c1-3-5-7-9-11-13-15-17-19-21-23-25-31-42-34-37(33-40-38(41)35-27-29-36(39)30-28-35)43-32-26-24-22-20-18-16-14-12-10-8-6-4-2/h35-37H,3-34,39H2,1-2H3,(H,40,41)/t35-,36-,37?. The van der Waals surface area contributed by atoms with Crippen LogP contribution >= 0.6 is 0 Å². The minimum Gasteiger partial charge on any atom is -0.379 e. The number of unbranched alkanes of at least 4 members (excludes halogenated alkanes) is 22. The van der Waals surface area contributed by atoms with Crippen molar-refractivity contribution >= 4 is 5.91 Å². The van der Waals surface area contributed by atoms with Crippen molar-refractivity contribution in [2.75, 3.05) is 26.4 Å². The van der Waals surface area contributed by atoms with E-state index in [0.29, 0.717) is 13.2 Å². The Bertz CT molecular complexity index is 580. The lowest BCUT2D eigenvalue weighted by Gasteiger charge is -2.26. The van der Waals surface area contributed by atoms with Gasteiger partial charge in [0.2, 0.25) is 5.91 Å². The van der Waals surface area contributed by atoms with Gasteiger partial charge in [-0.05, 0) is 38.5 Å². The van der Waals surface area contributed by atoms with Crippen molar-refractivity contribution in [3.8, 4) is 0 Å². The molecular formula is C38H76N2O3. The number of nitrogens with one attached hydrogen (secondary N) is 1. The highest BCUT2D eigenvalue weighted by molar-refractivity contribution is 5.78. The van der Waals surface area contributed by atoms with E-state index in [0.717, 1.165) is 51.7 Å². The van der Waals surface area contributed by atoms with Gasteiger partial charge in [0.15, 0.2) is 0 Å². The molecule has 0 aromatic rings. The zero-order valence-electron chi connectivity index (χ0n) is 29.2. The van der Waals surface area contributed by atoms with Gasteiger partial charge in [-0.25, -0.2) is 0 Å². The van der Waals surface area contributed by atoms with E-state index >= 15 is 0 Å². The van der Waals surface area contributed by atoms with Crippen LogP contribution in [0, 0.1) is 5.92 Å². The number of ether oxygens (including phenoxy) is 2. The fraction of sp³-hybridized carbons (Fsp3) is 0.974. The van der Waals surface area contributed by atoms with Crippen LogP contribution in [0.4, 0.5) is 0 Å². The lowest BCUT2D eigenvalue weighted by atomic mass is 9.86. The summed E-state index contributed by atoms with van der Waals surface area (Å²) in [7, 11) is 0. The van der Waals surface area contributed by atoms with Crippen LogP contribution in [0.1, 0.15) is 194 Å². The maximum atomic E-state index is 12.8. The number of carbonyl (C=O) groups excluding carboxylic acids is 1. The van der Waals surface area contributed by atoms with Crippen LogP contribution in [0.2, 0.25) is 0 Å². The molecule has 256 valence electrons. The number of hydrogen-bond acceptors (Lipinski definition) is 4. The van der Waals surface area contributed by atoms with Gasteiger partial charge in [-0.1, -0.05) is 155 Å². The minimum absolute atomic E-state index is 0.0557. The lowest BCUT2D eigenvalue weighted by Crippen LogP contribution is -2.41. The van der Waals surface area contributed by atoms with E-state index in [9.17, 15) is 4.79 Å². The number of amides is 1. The highest BCUT2D eigenvalue weighted by Crippen LogP contribution is 2.23. The Labute approximate surface area is 269 Å². The molecule has 1 rings (SSSR count). The monoisotopic (exact) mass is 609 g/mol. The summed E-state index contributed by atoms with van der Waals surface area (Å²) in [5, 5.41) is 3.18. The van der Waals surface area contributed by atoms with Gasteiger partial charge >= 0.3 is 0 Å². The minimum atomic E-state index is -0.0557. The largest absolute Gasteiger partial charge is 0.379 e. The topological polar surface area (TPSA) is 73.6 Å². The molecule has 0 heterocycles. The van der Waals surface area contributed by atoms with Gasteiger partial charge in [0.25, 0.3) is 0 Å². The van der Waals surface area contributed by atoms with E-state index in [1.807, 2.05) is 0 Å². The van der Waals surface area contributed by atoms with Gasteiger partial charge in [0.05, 0.1) is 12.7 Å². The van der Waals surface area contributed by atoms with Crippen molar-refractivity contribution in [3.05, 3.63) is 0 Å². The van der Waals surface area contributed by atoms with Crippen LogP contribution in [-0.2, 0) is 14.3 Å². The van der Waals surface area contributed by atoms with Gasteiger partial charge in [-0.15, -0.1) is 0 Å². The fourth-order valence-corrected chi connectivity index (χ4v) is 6.36. The van der Waals surface area contributed by atoms with Crippen molar-refractivity contribution in [1.82, 2.24) is 5.32 Å². The highest BCUT2D eigenvalue weighted by Gasteiger charge is 2.25. The maximum Gasteiger partial charge on any atom is 0.223 e. The SMILES string of the molecule is CCCCCCCCCCCCCCOCC(CNC(=O)[C@H]1CC[C@H](N)CC1)OCCCCCCCCCCCCCC. The Morgan fingerprint density at radius 1 is 0.605 bits per heavy atom. The van der Waals surface area contributed by atoms with Crippen molar-refractivity contribution < 1.29 is 14.3 Å². The Morgan fingerprint density at radius 2 is 1.00 bits per heavy atom. The molecule has 1 aliphatic rings. The summed E-state index contributed by atoms with van der Waals surface area (Å²) < 4.78 is 12.3. The molecule has 1 unspecified atom stereocenters. The Balaban J connectivity index is 2.13. The van der Waals surface area contributed by atoms with E-state index in [-0.39, 0.29) is 24.0 Å². The average molecular weight is 609 g/mol. The second-order valence-corrected chi connectivity index (χ2v) is 13.7. The molecular weight excluding hydrogens is 532 g/mol. The molecule has 3 N–H and O–H groups in total. The Morgan fingerprint density at radius 3 is 1.44 bits per heavy atom. The highest BCUT2D eigenvalue weighted by atomic mass is 16.5. The third-order valence-electron chi connectivity index (χ3n) is 9.44. The molecule has 1 atom stereocenters. The van der Waals surface area contributed by atoms with Crippen LogP contribution in [-0.4, -0.2) is 44.4 Å². The van der Waals surface area contributed by atoms with Crippen LogP contribution < -0.4 is 11.1 Å². The third kappa shape index (κ3) is 26.3. The maximum absolute atomic E-state index is 12.8. The van der Waals surface area contributed by atoms with Gasteiger partial charge in [-0.3, -0.25) is 4.79 Å². The normalized spacial score (nSPS) is 17.7. The summed E-state index contributed by atoms with van der Waals surface area (Å²) >= 11 is 0. The number of hydrogen-bond donors (Lipinski definition) is 2. The first kappa shape index (κ1) is 40.4. The van der Waals surface area contributed by atoms with E-state index in [1.165, 1.54) is 141 Å². The molecule has 5 heteroatoms. The molecule has 1 amide bonds. The number of nitrogens with two attached hydrogens (primary N) is 1. The Kier molecular flexibility index (Phi) is 29.4. The van der Waals surface area contributed by atoms with Crippen molar-refractivity contribution in [1.29, 1.82) is 0 Å². The molecule has 0 aliphatic heterocycles.